The highest BCUT2D eigenvalue weighted by Crippen LogP contribution is 2.23. The summed E-state index contributed by atoms with van der Waals surface area (Å²) in [5, 5.41) is 9.51. The molecule has 0 spiro atoms. The van der Waals surface area contributed by atoms with Gasteiger partial charge in [0, 0.05) is 30.6 Å². The monoisotopic (exact) mass is 277 g/mol. The fraction of sp³-hybridized carbons (Fsp3) is 0.308. The standard InChI is InChI=1S/C13H12ClN3O2/c1-16-12(18)5-6-17(13(16)19)8-10-9(7-15)3-2-4-11(10)14/h2-4H,5-6,8H2,1H3. The quantitative estimate of drug-likeness (QED) is 0.830. The number of benzene rings is 1. The van der Waals surface area contributed by atoms with Crippen LogP contribution in [0.15, 0.2) is 18.2 Å². The molecule has 0 N–H and O–H groups in total. The van der Waals surface area contributed by atoms with Crippen LogP contribution in [0.4, 0.5) is 4.79 Å². The molecule has 1 fully saturated rings. The number of carbonyl (C=O) groups is 2. The van der Waals surface area contributed by atoms with Crippen LogP contribution in [0.5, 0.6) is 0 Å². The first kappa shape index (κ1) is 13.4. The van der Waals surface area contributed by atoms with Gasteiger partial charge in [-0.05, 0) is 12.1 Å². The molecule has 0 aliphatic carbocycles. The Labute approximate surface area is 116 Å². The molecule has 98 valence electrons. The maximum atomic E-state index is 12.0. The van der Waals surface area contributed by atoms with Crippen molar-refractivity contribution in [1.29, 1.82) is 5.26 Å². The first-order valence-corrected chi connectivity index (χ1v) is 6.15. The van der Waals surface area contributed by atoms with Crippen LogP contribution in [0.2, 0.25) is 5.02 Å². The predicted octanol–water partition coefficient (Wildman–Crippen LogP) is 2.00. The number of imide groups is 1. The molecule has 5 nitrogen and oxygen atoms in total. The Balaban J connectivity index is 2.25. The Morgan fingerprint density at radius 1 is 1.42 bits per heavy atom. The number of amides is 3. The molecule has 0 aromatic heterocycles. The SMILES string of the molecule is CN1C(=O)CCN(Cc2c(Cl)cccc2C#N)C1=O. The van der Waals surface area contributed by atoms with Gasteiger partial charge < -0.3 is 4.90 Å². The van der Waals surface area contributed by atoms with E-state index in [0.717, 1.165) is 4.90 Å². The van der Waals surface area contributed by atoms with Crippen molar-refractivity contribution in [2.45, 2.75) is 13.0 Å². The molecule has 6 heteroatoms. The summed E-state index contributed by atoms with van der Waals surface area (Å²) in [5.41, 5.74) is 1.06. The number of nitrogens with zero attached hydrogens (tertiary/aromatic N) is 3. The van der Waals surface area contributed by atoms with Gasteiger partial charge >= 0.3 is 6.03 Å². The van der Waals surface area contributed by atoms with E-state index in [9.17, 15) is 9.59 Å². The van der Waals surface area contributed by atoms with Gasteiger partial charge in [-0.25, -0.2) is 4.79 Å². The third-order valence-electron chi connectivity index (χ3n) is 3.12. The average molecular weight is 278 g/mol. The van der Waals surface area contributed by atoms with Crippen molar-refractivity contribution in [3.05, 3.63) is 34.3 Å². The smallest absolute Gasteiger partial charge is 0.319 e. The molecule has 1 aliphatic heterocycles. The molecule has 0 bridgehead atoms. The summed E-state index contributed by atoms with van der Waals surface area (Å²) >= 11 is 6.07. The molecule has 2 rings (SSSR count). The summed E-state index contributed by atoms with van der Waals surface area (Å²) in [5.74, 6) is -0.194. The van der Waals surface area contributed by atoms with Crippen molar-refractivity contribution in [1.82, 2.24) is 9.80 Å². The summed E-state index contributed by atoms with van der Waals surface area (Å²) < 4.78 is 0. The van der Waals surface area contributed by atoms with Gasteiger partial charge in [-0.15, -0.1) is 0 Å². The Hall–Kier alpha value is -2.06. The Bertz CT molecular complexity index is 580. The molecule has 1 saturated heterocycles. The molecular formula is C13H12ClN3O2. The highest BCUT2D eigenvalue weighted by atomic mass is 35.5. The van der Waals surface area contributed by atoms with Crippen LogP contribution in [-0.4, -0.2) is 35.3 Å². The van der Waals surface area contributed by atoms with Crippen LogP contribution in [0.1, 0.15) is 17.5 Å². The van der Waals surface area contributed by atoms with Crippen molar-refractivity contribution in [2.24, 2.45) is 0 Å². The van der Waals surface area contributed by atoms with E-state index in [4.69, 9.17) is 16.9 Å². The zero-order valence-corrected chi connectivity index (χ0v) is 11.1. The van der Waals surface area contributed by atoms with Gasteiger partial charge in [-0.2, -0.15) is 5.26 Å². The van der Waals surface area contributed by atoms with E-state index < -0.39 is 0 Å². The Morgan fingerprint density at radius 3 is 2.84 bits per heavy atom. The van der Waals surface area contributed by atoms with E-state index in [2.05, 4.69) is 6.07 Å². The van der Waals surface area contributed by atoms with Gasteiger partial charge in [-0.3, -0.25) is 9.69 Å². The summed E-state index contributed by atoms with van der Waals surface area (Å²) in [7, 11) is 1.45. The molecule has 1 aliphatic rings. The number of urea groups is 1. The normalized spacial score (nSPS) is 15.6. The van der Waals surface area contributed by atoms with Gasteiger partial charge in [0.1, 0.15) is 0 Å². The zero-order chi connectivity index (χ0) is 14.0. The summed E-state index contributed by atoms with van der Waals surface area (Å²) in [6, 6.07) is 6.73. The minimum absolute atomic E-state index is 0.194. The fourth-order valence-electron chi connectivity index (χ4n) is 1.97. The lowest BCUT2D eigenvalue weighted by molar-refractivity contribution is -0.129. The first-order chi connectivity index (χ1) is 9.04. The lowest BCUT2D eigenvalue weighted by Crippen LogP contribution is -2.49. The van der Waals surface area contributed by atoms with E-state index in [0.29, 0.717) is 22.7 Å². The highest BCUT2D eigenvalue weighted by Gasteiger charge is 2.29. The van der Waals surface area contributed by atoms with Crippen LogP contribution >= 0.6 is 11.6 Å². The topological polar surface area (TPSA) is 64.4 Å². The molecule has 19 heavy (non-hydrogen) atoms. The molecule has 1 aromatic carbocycles. The van der Waals surface area contributed by atoms with Gasteiger partial charge in [0.15, 0.2) is 0 Å². The van der Waals surface area contributed by atoms with E-state index in [-0.39, 0.29) is 24.9 Å². The molecule has 0 saturated carbocycles. The van der Waals surface area contributed by atoms with Crippen LogP contribution < -0.4 is 0 Å². The largest absolute Gasteiger partial charge is 0.326 e. The van der Waals surface area contributed by atoms with Crippen LogP contribution in [-0.2, 0) is 11.3 Å². The number of carbonyl (C=O) groups excluding carboxylic acids is 2. The third kappa shape index (κ3) is 2.54. The maximum Gasteiger partial charge on any atom is 0.326 e. The highest BCUT2D eigenvalue weighted by molar-refractivity contribution is 6.31. The van der Waals surface area contributed by atoms with Crippen LogP contribution in [0.25, 0.3) is 0 Å². The molecule has 1 aromatic rings. The van der Waals surface area contributed by atoms with Crippen LogP contribution in [0.3, 0.4) is 0 Å². The lowest BCUT2D eigenvalue weighted by Gasteiger charge is -2.32. The van der Waals surface area contributed by atoms with Gasteiger partial charge in [-0.1, -0.05) is 17.7 Å². The average Bonchev–Trinajstić information content (AvgIpc) is 2.41. The number of rotatable bonds is 2. The lowest BCUT2D eigenvalue weighted by atomic mass is 10.1. The Kier molecular flexibility index (Phi) is 3.72. The van der Waals surface area contributed by atoms with E-state index in [1.165, 1.54) is 11.9 Å². The Morgan fingerprint density at radius 2 is 2.16 bits per heavy atom. The molecular weight excluding hydrogens is 266 g/mol. The molecule has 1 heterocycles. The van der Waals surface area contributed by atoms with Crippen molar-refractivity contribution >= 4 is 23.5 Å². The molecule has 0 unspecified atom stereocenters. The zero-order valence-electron chi connectivity index (χ0n) is 10.4. The van der Waals surface area contributed by atoms with Crippen molar-refractivity contribution < 1.29 is 9.59 Å². The van der Waals surface area contributed by atoms with Gasteiger partial charge in [0.25, 0.3) is 0 Å². The molecule has 3 amide bonds. The summed E-state index contributed by atoms with van der Waals surface area (Å²) in [6.07, 6.45) is 0.286. The van der Waals surface area contributed by atoms with E-state index in [1.54, 1.807) is 18.2 Å². The second kappa shape index (κ2) is 5.29. The second-order valence-corrected chi connectivity index (χ2v) is 4.69. The summed E-state index contributed by atoms with van der Waals surface area (Å²) in [6.45, 7) is 0.580. The minimum atomic E-state index is -0.361. The van der Waals surface area contributed by atoms with Crippen molar-refractivity contribution in [3.63, 3.8) is 0 Å². The van der Waals surface area contributed by atoms with E-state index >= 15 is 0 Å². The first-order valence-electron chi connectivity index (χ1n) is 5.77. The number of nitriles is 1. The maximum absolute atomic E-state index is 12.0. The number of hydrogen-bond acceptors (Lipinski definition) is 3. The van der Waals surface area contributed by atoms with E-state index in [1.807, 2.05) is 0 Å². The summed E-state index contributed by atoms with van der Waals surface area (Å²) in [4.78, 5) is 26.0. The van der Waals surface area contributed by atoms with Crippen molar-refractivity contribution in [2.75, 3.05) is 13.6 Å². The van der Waals surface area contributed by atoms with Crippen molar-refractivity contribution in [3.8, 4) is 6.07 Å². The number of hydrogen-bond donors (Lipinski definition) is 0. The van der Waals surface area contributed by atoms with Crippen LogP contribution in [0, 0.1) is 11.3 Å². The molecule has 0 atom stereocenters. The minimum Gasteiger partial charge on any atom is -0.319 e. The third-order valence-corrected chi connectivity index (χ3v) is 3.47. The number of halogens is 1. The second-order valence-electron chi connectivity index (χ2n) is 4.28. The predicted molar refractivity (Wildman–Crippen MR) is 69.4 cm³/mol. The van der Waals surface area contributed by atoms with Gasteiger partial charge in [0.05, 0.1) is 18.2 Å². The fourth-order valence-corrected chi connectivity index (χ4v) is 2.21. The van der Waals surface area contributed by atoms with Gasteiger partial charge in [0.2, 0.25) is 5.91 Å². The molecule has 0 radical (unpaired) electrons.